The number of aryl methyl sites for hydroxylation is 2. The summed E-state index contributed by atoms with van der Waals surface area (Å²) >= 11 is 1.58. The Bertz CT molecular complexity index is 1320. The van der Waals surface area contributed by atoms with Crippen LogP contribution in [0.1, 0.15) is 16.3 Å². The lowest BCUT2D eigenvalue weighted by molar-refractivity contribution is 0.243. The molecule has 1 fully saturated rings. The fraction of sp³-hybridized carbons (Fsp3) is 0.280. The second-order valence-corrected chi connectivity index (χ2v) is 9.55. The molecule has 0 bridgehead atoms. The number of rotatable bonds is 4. The van der Waals surface area contributed by atoms with E-state index >= 15 is 0 Å². The van der Waals surface area contributed by atoms with E-state index in [1.54, 1.807) is 17.4 Å². The van der Waals surface area contributed by atoms with Gasteiger partial charge < -0.3 is 15.0 Å². The van der Waals surface area contributed by atoms with Crippen LogP contribution in [0.5, 0.6) is 5.75 Å². The van der Waals surface area contributed by atoms with Crippen molar-refractivity contribution in [3.05, 3.63) is 75.1 Å². The number of H-pyrrole nitrogens is 1. The lowest BCUT2D eigenvalue weighted by Gasteiger charge is -2.36. The number of piperazine rings is 1. The lowest BCUT2D eigenvalue weighted by atomic mass is 10.0. The van der Waals surface area contributed by atoms with Gasteiger partial charge in [-0.2, -0.15) is 0 Å². The third-order valence-corrected chi connectivity index (χ3v) is 7.09. The number of aromatic amines is 1. The number of nitrogens with one attached hydrogen (secondary N) is 1. The average molecular weight is 447 g/mol. The molecule has 5 rings (SSSR count). The highest BCUT2D eigenvalue weighted by Gasteiger charge is 2.21. The number of hydrogen-bond donors (Lipinski definition) is 2. The molecule has 7 heteroatoms. The Morgan fingerprint density at radius 3 is 2.47 bits per heavy atom. The van der Waals surface area contributed by atoms with Crippen LogP contribution in [0.4, 0.5) is 5.69 Å². The van der Waals surface area contributed by atoms with Crippen molar-refractivity contribution in [3.63, 3.8) is 0 Å². The average Bonchev–Trinajstić information content (AvgIpc) is 3.12. The largest absolute Gasteiger partial charge is 0.506 e. The molecule has 2 N–H and O–H groups in total. The lowest BCUT2D eigenvalue weighted by Crippen LogP contribution is -2.46. The van der Waals surface area contributed by atoms with Crippen LogP contribution in [0.25, 0.3) is 21.3 Å². The molecule has 0 unspecified atom stereocenters. The maximum atomic E-state index is 13.0. The molecule has 3 heterocycles. The zero-order valence-corrected chi connectivity index (χ0v) is 19.1. The minimum Gasteiger partial charge on any atom is -0.506 e. The number of phenols is 1. The molecule has 1 aliphatic rings. The summed E-state index contributed by atoms with van der Waals surface area (Å²) in [5.41, 5.74) is 4.04. The standard InChI is InChI=1S/C25H26N4O2S/c1-16-7-9-18(10-8-16)22-17(2)32-25-23(22)24(31)26-21(27-25)15-28-11-13-29(14-12-28)19-5-3-4-6-20(19)30/h3-10,30H,11-15H2,1-2H3,(H,26,27,31). The van der Waals surface area contributed by atoms with E-state index in [-0.39, 0.29) is 5.56 Å². The summed E-state index contributed by atoms with van der Waals surface area (Å²) in [6.45, 7) is 8.04. The molecule has 6 nitrogen and oxygen atoms in total. The Labute approximate surface area is 190 Å². The van der Waals surface area contributed by atoms with Gasteiger partial charge in [0, 0.05) is 36.6 Å². The normalized spacial score (nSPS) is 14.9. The number of nitrogens with zero attached hydrogens (tertiary/aromatic N) is 3. The van der Waals surface area contributed by atoms with Gasteiger partial charge in [0.25, 0.3) is 5.56 Å². The summed E-state index contributed by atoms with van der Waals surface area (Å²) in [6, 6.07) is 15.7. The van der Waals surface area contributed by atoms with Crippen molar-refractivity contribution in [2.24, 2.45) is 0 Å². The maximum Gasteiger partial charge on any atom is 0.260 e. The van der Waals surface area contributed by atoms with Crippen molar-refractivity contribution >= 4 is 27.2 Å². The van der Waals surface area contributed by atoms with E-state index in [2.05, 4.69) is 52.9 Å². The highest BCUT2D eigenvalue weighted by Crippen LogP contribution is 2.35. The van der Waals surface area contributed by atoms with Gasteiger partial charge in [-0.3, -0.25) is 9.69 Å². The zero-order valence-electron chi connectivity index (χ0n) is 18.3. The quantitative estimate of drug-likeness (QED) is 0.489. The Kier molecular flexibility index (Phi) is 5.45. The SMILES string of the molecule is Cc1ccc(-c2c(C)sc3nc(CN4CCN(c5ccccc5O)CC4)[nH]c(=O)c23)cc1. The van der Waals surface area contributed by atoms with Crippen molar-refractivity contribution in [2.45, 2.75) is 20.4 Å². The molecule has 32 heavy (non-hydrogen) atoms. The van der Waals surface area contributed by atoms with E-state index in [1.807, 2.05) is 18.2 Å². The van der Waals surface area contributed by atoms with E-state index in [0.29, 0.717) is 23.5 Å². The Hall–Kier alpha value is -3.16. The smallest absolute Gasteiger partial charge is 0.260 e. The third kappa shape index (κ3) is 3.89. The van der Waals surface area contributed by atoms with Crippen LogP contribution < -0.4 is 10.5 Å². The van der Waals surface area contributed by atoms with Crippen molar-refractivity contribution in [2.75, 3.05) is 31.1 Å². The number of anilines is 1. The first kappa shape index (κ1) is 20.7. The third-order valence-electron chi connectivity index (χ3n) is 6.10. The van der Waals surface area contributed by atoms with E-state index in [4.69, 9.17) is 4.98 Å². The molecular formula is C25H26N4O2S. The van der Waals surface area contributed by atoms with Gasteiger partial charge in [0.05, 0.1) is 17.6 Å². The molecule has 0 saturated carbocycles. The van der Waals surface area contributed by atoms with Crippen LogP contribution in [0, 0.1) is 13.8 Å². The summed E-state index contributed by atoms with van der Waals surface area (Å²) in [5, 5.41) is 10.8. The summed E-state index contributed by atoms with van der Waals surface area (Å²) in [7, 11) is 0. The minimum absolute atomic E-state index is 0.0715. The molecule has 4 aromatic rings. The summed E-state index contributed by atoms with van der Waals surface area (Å²) in [4.78, 5) is 27.3. The van der Waals surface area contributed by atoms with Crippen molar-refractivity contribution in [3.8, 4) is 16.9 Å². The molecule has 2 aromatic heterocycles. The second-order valence-electron chi connectivity index (χ2n) is 8.34. The topological polar surface area (TPSA) is 72.5 Å². The number of fused-ring (bicyclic) bond motifs is 1. The predicted molar refractivity (Wildman–Crippen MR) is 131 cm³/mol. The van der Waals surface area contributed by atoms with Crippen LogP contribution in [-0.4, -0.2) is 46.2 Å². The maximum absolute atomic E-state index is 13.0. The van der Waals surface area contributed by atoms with Crippen molar-refractivity contribution in [1.82, 2.24) is 14.9 Å². The number of para-hydroxylation sites is 2. The predicted octanol–water partition coefficient (Wildman–Crippen LogP) is 4.30. The van der Waals surface area contributed by atoms with Gasteiger partial charge in [-0.05, 0) is 31.5 Å². The zero-order chi connectivity index (χ0) is 22.2. The van der Waals surface area contributed by atoms with Gasteiger partial charge in [0.2, 0.25) is 0 Å². The van der Waals surface area contributed by atoms with Crippen LogP contribution in [0.15, 0.2) is 53.3 Å². The number of thiophene rings is 1. The first-order valence-corrected chi connectivity index (χ1v) is 11.7. The summed E-state index contributed by atoms with van der Waals surface area (Å²) < 4.78 is 0. The monoisotopic (exact) mass is 446 g/mol. The number of hydrogen-bond acceptors (Lipinski definition) is 6. The number of phenolic OH excluding ortho intramolecular Hbond substituents is 1. The summed E-state index contributed by atoms with van der Waals surface area (Å²) in [5.74, 6) is 1.02. The second kappa shape index (κ2) is 8.41. The van der Waals surface area contributed by atoms with Gasteiger partial charge in [0.15, 0.2) is 0 Å². The Balaban J connectivity index is 1.36. The number of aromatic hydroxyl groups is 1. The van der Waals surface area contributed by atoms with Gasteiger partial charge in [-0.25, -0.2) is 4.98 Å². The van der Waals surface area contributed by atoms with E-state index < -0.39 is 0 Å². The van der Waals surface area contributed by atoms with E-state index in [9.17, 15) is 9.90 Å². The van der Waals surface area contributed by atoms with Gasteiger partial charge in [-0.1, -0.05) is 42.0 Å². The van der Waals surface area contributed by atoms with Gasteiger partial charge in [-0.15, -0.1) is 11.3 Å². The van der Waals surface area contributed by atoms with Crippen molar-refractivity contribution in [1.29, 1.82) is 0 Å². The van der Waals surface area contributed by atoms with Crippen molar-refractivity contribution < 1.29 is 5.11 Å². The highest BCUT2D eigenvalue weighted by molar-refractivity contribution is 7.19. The fourth-order valence-electron chi connectivity index (χ4n) is 4.40. The van der Waals surface area contributed by atoms with Crippen LogP contribution in [0.2, 0.25) is 0 Å². The Morgan fingerprint density at radius 2 is 1.75 bits per heavy atom. The minimum atomic E-state index is -0.0715. The first-order chi connectivity index (χ1) is 15.5. The van der Waals surface area contributed by atoms with E-state index in [0.717, 1.165) is 52.7 Å². The molecule has 1 saturated heterocycles. The molecule has 0 radical (unpaired) electrons. The molecule has 2 aromatic carbocycles. The van der Waals surface area contributed by atoms with Crippen LogP contribution in [0.3, 0.4) is 0 Å². The Morgan fingerprint density at radius 1 is 1.03 bits per heavy atom. The van der Waals surface area contributed by atoms with Crippen LogP contribution in [-0.2, 0) is 6.54 Å². The summed E-state index contributed by atoms with van der Waals surface area (Å²) in [6.07, 6.45) is 0. The molecule has 1 aliphatic heterocycles. The van der Waals surface area contributed by atoms with E-state index in [1.165, 1.54) is 5.56 Å². The number of benzene rings is 2. The fourth-order valence-corrected chi connectivity index (χ4v) is 5.46. The molecule has 0 aliphatic carbocycles. The molecule has 0 atom stereocenters. The highest BCUT2D eigenvalue weighted by atomic mass is 32.1. The van der Waals surface area contributed by atoms with Gasteiger partial charge >= 0.3 is 0 Å². The molecular weight excluding hydrogens is 420 g/mol. The molecule has 164 valence electrons. The first-order valence-electron chi connectivity index (χ1n) is 10.8. The molecule has 0 spiro atoms. The van der Waals surface area contributed by atoms with Gasteiger partial charge in [0.1, 0.15) is 16.4 Å². The number of aromatic nitrogens is 2. The van der Waals surface area contributed by atoms with Crippen LogP contribution >= 0.6 is 11.3 Å². The molecule has 0 amide bonds.